The summed E-state index contributed by atoms with van der Waals surface area (Å²) in [5, 5.41) is 27.0. The standard InChI is InChI=1S/C28H24BrFN8O3.C18H15N5O3.C10H11BrFN3O.CH4.ClH.S5.S4.S3/c1-15(39)26-19-8-16(17-9-20-27(31-11-17)36(2)14-32-20)6-7-21(19)38(35-26)13-25(40)37-12-18(30)10-22(37)28(41)34-24-5-3-4-23(29)33-24;1-10(24)17-13-5-11(3-4-15(13)23(21-17)8-16(25)26)12-6-14-18(19-7-12)22(2)9-20-14;11-8-2-1-3-9(14-8)15-10(16)7-4-6(12)5-13-7;;;1-3-5-4-2;1-3-4-2;1-3-2/h3-9,11,14,18,22H,10,12-13H2,1-2H3,(H,33,34,41);3-7,9H,8H2,1-2H3,(H,25,26);1-3,6-7,13H,4-5H2,(H,14,15,16);1H4;1H;;;/t18-,22+;;6-,7+;;;;;/m1.1...../s1. The maximum absolute atomic E-state index is 14.5. The van der Waals surface area contributed by atoms with Gasteiger partial charge in [-0.05, 0) is 104 Å². The molecule has 12 rings (SSSR count). The third-order valence-electron chi connectivity index (χ3n) is 13.8. The van der Waals surface area contributed by atoms with Crippen molar-refractivity contribution in [1.82, 2.24) is 68.8 Å². The lowest BCUT2D eigenvalue weighted by Crippen LogP contribution is -2.44. The predicted octanol–water partition coefficient (Wildman–Crippen LogP) is 8.71. The number of rotatable bonds is 12. The van der Waals surface area contributed by atoms with Crippen LogP contribution in [-0.2, 0) is 167 Å². The number of likely N-dealkylation sites (tertiary alicyclic amines) is 1. The molecule has 0 saturated carbocycles. The predicted molar refractivity (Wildman–Crippen MR) is 412 cm³/mol. The molecule has 512 valence electrons. The molecule has 0 aliphatic carbocycles. The van der Waals surface area contributed by atoms with Crippen LogP contribution in [0.3, 0.4) is 0 Å². The number of imidazole rings is 2. The van der Waals surface area contributed by atoms with E-state index in [1.807, 2.05) is 59.6 Å². The van der Waals surface area contributed by atoms with E-state index in [2.05, 4.69) is 155 Å². The fraction of sp³-hybridized carbons (Fsp3) is 0.263. The molecular formula is C57H55Br2ClF2N16O7S12. The minimum Gasteiger partial charge on any atom is -0.480 e. The molecule has 10 heterocycles. The van der Waals surface area contributed by atoms with E-state index in [9.17, 15) is 37.5 Å². The Labute approximate surface area is 623 Å². The van der Waals surface area contributed by atoms with Gasteiger partial charge in [0.05, 0.1) is 36.3 Å². The van der Waals surface area contributed by atoms with Crippen molar-refractivity contribution in [3.63, 3.8) is 0 Å². The number of carboxylic acids is 1. The topological polar surface area (TPSA) is 285 Å². The number of Topliss-reactive ketones (excluding diaryl/α,β-unsaturated/α-hetero) is 2. The number of aromatic nitrogens is 12. The Morgan fingerprint density at radius 3 is 1.49 bits per heavy atom. The number of aliphatic carboxylic acids is 1. The van der Waals surface area contributed by atoms with Crippen LogP contribution in [0.15, 0.2) is 119 Å². The summed E-state index contributed by atoms with van der Waals surface area (Å²) in [7, 11) is 11.0. The number of amides is 3. The minimum atomic E-state index is -1.35. The van der Waals surface area contributed by atoms with Gasteiger partial charge in [0.1, 0.15) is 74.7 Å². The van der Waals surface area contributed by atoms with Crippen LogP contribution >= 0.6 is 44.3 Å². The largest absolute Gasteiger partial charge is 0.480 e. The normalized spacial score (nSPS) is 14.8. The van der Waals surface area contributed by atoms with E-state index in [0.717, 1.165) is 53.5 Å². The monoisotopic (exact) mass is 1690 g/mol. The number of carbonyl (C=O) groups excluding carboxylic acids is 5. The number of hydrogen-bond acceptors (Lipinski definition) is 21. The summed E-state index contributed by atoms with van der Waals surface area (Å²) < 4.78 is 34.9. The highest BCUT2D eigenvalue weighted by atomic mass is 79.9. The Balaban J connectivity index is 0.000000259. The first-order valence-corrected chi connectivity index (χ1v) is 40.8. The molecule has 4 N–H and O–H groups in total. The number of alkyl halides is 2. The third kappa shape index (κ3) is 22.4. The second kappa shape index (κ2) is 39.6. The molecule has 2 saturated heterocycles. The van der Waals surface area contributed by atoms with Gasteiger partial charge in [-0.15, -0.1) is 12.4 Å². The van der Waals surface area contributed by atoms with Gasteiger partial charge in [-0.1, -0.05) is 31.7 Å². The van der Waals surface area contributed by atoms with Crippen molar-refractivity contribution in [2.24, 2.45) is 14.1 Å². The summed E-state index contributed by atoms with van der Waals surface area (Å²) in [5.74, 6) is -2.00. The Morgan fingerprint density at radius 2 is 1.09 bits per heavy atom. The van der Waals surface area contributed by atoms with Crippen molar-refractivity contribution in [2.75, 3.05) is 23.7 Å². The number of halogens is 5. The second-order valence-electron chi connectivity index (χ2n) is 20.1. The number of nitrogens with one attached hydrogen (secondary N) is 3. The number of benzene rings is 2. The van der Waals surface area contributed by atoms with Crippen molar-refractivity contribution >= 4 is 256 Å². The maximum Gasteiger partial charge on any atom is 0.325 e. The van der Waals surface area contributed by atoms with E-state index in [-0.39, 0.29) is 93.5 Å². The SMILES string of the molecule is C.CC(=O)c1nn(CC(=O)N2C[C@H](F)C[C@H]2C(=O)Nc2cccc(Br)n2)c2ccc(-c3cnc4c(c3)ncn4C)cc12.CC(=O)c1nn(CC(=O)O)c2ccc(-c3cnc4c(c3)ncn4C)cc12.Cl.O=C(Nc1cccc(Br)n1)[C@@H]1C[C@@H](F)CN1.S=S=S.S=S=S=S.S=S=S=S=S. The molecule has 2 aliphatic rings. The van der Waals surface area contributed by atoms with Gasteiger partial charge < -0.3 is 35.1 Å². The van der Waals surface area contributed by atoms with Crippen LogP contribution in [0.1, 0.15) is 55.1 Å². The van der Waals surface area contributed by atoms with Crippen LogP contribution < -0.4 is 16.0 Å². The molecule has 0 spiro atoms. The molecule has 2 aliphatic heterocycles. The van der Waals surface area contributed by atoms with Gasteiger partial charge in [0.15, 0.2) is 22.9 Å². The number of pyridine rings is 4. The van der Waals surface area contributed by atoms with Crippen LogP contribution in [-0.4, -0.2) is 141 Å². The van der Waals surface area contributed by atoms with E-state index in [1.165, 1.54) is 72.5 Å². The molecule has 2 aromatic carbocycles. The summed E-state index contributed by atoms with van der Waals surface area (Å²) in [6.45, 7) is 2.28. The highest BCUT2D eigenvalue weighted by molar-refractivity contribution is 9.10. The van der Waals surface area contributed by atoms with Crippen LogP contribution in [0.5, 0.6) is 0 Å². The van der Waals surface area contributed by atoms with Gasteiger partial charge in [0.25, 0.3) is 0 Å². The first-order valence-electron chi connectivity index (χ1n) is 27.2. The molecule has 4 atom stereocenters. The zero-order valence-corrected chi connectivity index (χ0v) is 63.8. The number of aryl methyl sites for hydroxylation is 2. The molecule has 3 amide bonds. The Morgan fingerprint density at radius 1 is 0.629 bits per heavy atom. The van der Waals surface area contributed by atoms with Gasteiger partial charge in [-0.2, -0.15) is 10.2 Å². The number of ketones is 2. The number of anilines is 2. The van der Waals surface area contributed by atoms with Crippen LogP contribution in [0.4, 0.5) is 20.4 Å². The minimum absolute atomic E-state index is 0. The lowest BCUT2D eigenvalue weighted by Gasteiger charge is -2.23. The first kappa shape index (κ1) is 81.5. The first-order chi connectivity index (χ1) is 45.5. The molecular weight excluding hydrogens is 1640 g/mol. The lowest BCUT2D eigenvalue weighted by atomic mass is 10.0. The van der Waals surface area contributed by atoms with Gasteiger partial charge in [-0.3, -0.25) is 38.1 Å². The molecule has 0 bridgehead atoms. The quantitative estimate of drug-likeness (QED) is 0.0657. The molecule has 0 unspecified atom stereocenters. The highest BCUT2D eigenvalue weighted by Crippen LogP contribution is 2.31. The molecule has 0 radical (unpaired) electrons. The van der Waals surface area contributed by atoms with E-state index in [1.54, 1.807) is 73.6 Å². The lowest BCUT2D eigenvalue weighted by molar-refractivity contribution is -0.138. The summed E-state index contributed by atoms with van der Waals surface area (Å²) in [6.07, 6.45) is 4.70. The van der Waals surface area contributed by atoms with Crippen molar-refractivity contribution < 1.29 is 42.7 Å². The summed E-state index contributed by atoms with van der Waals surface area (Å²) in [6, 6.07) is 23.6. The highest BCUT2D eigenvalue weighted by Gasteiger charge is 2.40. The number of fused-ring (bicyclic) bond motifs is 4. The molecule has 8 aromatic heterocycles. The number of nitrogens with zero attached hydrogens (tertiary/aromatic N) is 13. The maximum atomic E-state index is 14.5. The van der Waals surface area contributed by atoms with Gasteiger partial charge in [-0.25, -0.2) is 38.7 Å². The van der Waals surface area contributed by atoms with Crippen molar-refractivity contribution in [1.29, 1.82) is 0 Å². The number of carboxylic acid groups (broad SMARTS) is 1. The fourth-order valence-corrected chi connectivity index (χ4v) is 13.2. The van der Waals surface area contributed by atoms with Crippen LogP contribution in [0.2, 0.25) is 0 Å². The number of carbonyl (C=O) groups is 6. The molecule has 2 fully saturated rings. The average Bonchev–Trinajstić information content (AvgIpc) is 1.66. The zero-order chi connectivity index (χ0) is 69.0. The van der Waals surface area contributed by atoms with E-state index in [4.69, 9.17) is 5.11 Å². The van der Waals surface area contributed by atoms with Gasteiger partial charge in [0.2, 0.25) is 17.7 Å². The average molecular weight is 1690 g/mol. The molecule has 10 aromatic rings. The van der Waals surface area contributed by atoms with E-state index in [0.29, 0.717) is 36.8 Å². The van der Waals surface area contributed by atoms with Crippen molar-refractivity contribution in [2.45, 2.75) is 71.6 Å². The van der Waals surface area contributed by atoms with E-state index >= 15 is 0 Å². The fourth-order valence-electron chi connectivity index (χ4n) is 9.77. The third-order valence-corrected chi connectivity index (χ3v) is 21.3. The zero-order valence-electron chi connectivity index (χ0n) is 50.0. The second-order valence-corrected chi connectivity index (χ2v) is 32.3. The summed E-state index contributed by atoms with van der Waals surface area (Å²) in [5.41, 5.74) is 8.03. The molecule has 97 heavy (non-hydrogen) atoms. The smallest absolute Gasteiger partial charge is 0.325 e. The van der Waals surface area contributed by atoms with Crippen molar-refractivity contribution in [3.05, 3.63) is 131 Å². The van der Waals surface area contributed by atoms with Crippen molar-refractivity contribution in [3.8, 4) is 22.3 Å². The molecule has 23 nitrogen and oxygen atoms in total. The van der Waals surface area contributed by atoms with E-state index < -0.39 is 42.2 Å². The van der Waals surface area contributed by atoms with Crippen LogP contribution in [0.25, 0.3) is 66.4 Å². The summed E-state index contributed by atoms with van der Waals surface area (Å²) in [4.78, 5) is 101. The van der Waals surface area contributed by atoms with Gasteiger partial charge in [0, 0.05) is 202 Å². The summed E-state index contributed by atoms with van der Waals surface area (Å²) >= 11 is 32.3. The Hall–Kier alpha value is -6.15. The Bertz CT molecular complexity index is 4820. The van der Waals surface area contributed by atoms with Crippen LogP contribution in [0, 0.1) is 0 Å². The number of hydrogen-bond donors (Lipinski definition) is 4. The Kier molecular flexibility index (Phi) is 33.3. The van der Waals surface area contributed by atoms with Gasteiger partial charge >= 0.3 is 5.97 Å². The molecule has 40 heteroatoms.